The molecule has 1 amide bonds. The predicted molar refractivity (Wildman–Crippen MR) is 120 cm³/mol. The summed E-state index contributed by atoms with van der Waals surface area (Å²) in [5.41, 5.74) is 4.68. The van der Waals surface area contributed by atoms with E-state index in [1.165, 1.54) is 0 Å². The van der Waals surface area contributed by atoms with Gasteiger partial charge in [0.1, 0.15) is 5.75 Å². The summed E-state index contributed by atoms with van der Waals surface area (Å²) in [7, 11) is 0. The van der Waals surface area contributed by atoms with Gasteiger partial charge in [0.15, 0.2) is 6.23 Å². The van der Waals surface area contributed by atoms with Crippen molar-refractivity contribution in [2.75, 3.05) is 0 Å². The molecule has 0 fully saturated rings. The number of carboxylic acid groups (broad SMARTS) is 1. The van der Waals surface area contributed by atoms with E-state index >= 15 is 0 Å². The van der Waals surface area contributed by atoms with E-state index < -0.39 is 12.3 Å². The number of nitrogens with one attached hydrogen (secondary N) is 1. The molecule has 2 rings (SSSR count). The fourth-order valence-electron chi connectivity index (χ4n) is 3.19. The van der Waals surface area contributed by atoms with Crippen LogP contribution in [-0.4, -0.2) is 17.4 Å². The minimum absolute atomic E-state index is 0.160. The van der Waals surface area contributed by atoms with E-state index in [4.69, 9.17) is 4.74 Å². The van der Waals surface area contributed by atoms with Crippen molar-refractivity contribution in [2.45, 2.75) is 46.3 Å². The van der Waals surface area contributed by atoms with E-state index in [9.17, 15) is 9.90 Å². The standard InChI is InChI=1S/C25H31NO3/c1-16(2)19-10-8-12-21(14-19)25(6,7)18(5)23(26-24(27)28)29-22-13-9-11-20(15-22)17(3)4/h8-15,18,23,26H,1,3H2,2,4-7H3,(H,27,28). The van der Waals surface area contributed by atoms with Crippen molar-refractivity contribution >= 4 is 17.2 Å². The molecule has 154 valence electrons. The Balaban J connectivity index is 2.36. The molecule has 2 atom stereocenters. The highest BCUT2D eigenvalue weighted by Crippen LogP contribution is 2.36. The topological polar surface area (TPSA) is 58.6 Å². The molecule has 0 aliphatic heterocycles. The smallest absolute Gasteiger partial charge is 0.407 e. The van der Waals surface area contributed by atoms with E-state index in [1.54, 1.807) is 0 Å². The van der Waals surface area contributed by atoms with Crippen LogP contribution in [0.25, 0.3) is 11.1 Å². The summed E-state index contributed by atoms with van der Waals surface area (Å²) in [4.78, 5) is 11.5. The van der Waals surface area contributed by atoms with Gasteiger partial charge in [-0.15, -0.1) is 0 Å². The number of carbonyl (C=O) groups is 1. The molecule has 0 aromatic heterocycles. The van der Waals surface area contributed by atoms with E-state index in [2.05, 4.69) is 44.5 Å². The van der Waals surface area contributed by atoms with Crippen LogP contribution in [0.15, 0.2) is 61.7 Å². The van der Waals surface area contributed by atoms with Gasteiger partial charge in [-0.2, -0.15) is 0 Å². The Morgan fingerprint density at radius 3 is 2.14 bits per heavy atom. The lowest BCUT2D eigenvalue weighted by Crippen LogP contribution is -2.49. The second-order valence-corrected chi connectivity index (χ2v) is 8.17. The number of hydrogen-bond donors (Lipinski definition) is 2. The molecule has 4 nitrogen and oxygen atoms in total. The maximum Gasteiger partial charge on any atom is 0.407 e. The lowest BCUT2D eigenvalue weighted by atomic mass is 9.73. The number of hydrogen-bond acceptors (Lipinski definition) is 2. The van der Waals surface area contributed by atoms with Crippen molar-refractivity contribution < 1.29 is 14.6 Å². The first-order chi connectivity index (χ1) is 13.5. The summed E-state index contributed by atoms with van der Waals surface area (Å²) < 4.78 is 6.11. The molecule has 2 unspecified atom stereocenters. The molecule has 2 aromatic rings. The number of amides is 1. The SMILES string of the molecule is C=C(C)c1cccc(OC(NC(=O)O)C(C)C(C)(C)c2cccc(C(=C)C)c2)c1. The number of rotatable bonds is 8. The zero-order chi connectivity index (χ0) is 21.8. The molecule has 2 N–H and O–H groups in total. The van der Waals surface area contributed by atoms with Crippen molar-refractivity contribution in [2.24, 2.45) is 5.92 Å². The van der Waals surface area contributed by atoms with E-state index in [0.717, 1.165) is 27.8 Å². The Labute approximate surface area is 173 Å². The highest BCUT2D eigenvalue weighted by Gasteiger charge is 2.36. The molecule has 29 heavy (non-hydrogen) atoms. The van der Waals surface area contributed by atoms with Crippen LogP contribution >= 0.6 is 0 Å². The van der Waals surface area contributed by atoms with Crippen molar-refractivity contribution in [3.63, 3.8) is 0 Å². The van der Waals surface area contributed by atoms with Crippen LogP contribution in [0.5, 0.6) is 5.75 Å². The molecule has 2 aromatic carbocycles. The highest BCUT2D eigenvalue weighted by atomic mass is 16.5. The summed E-state index contributed by atoms with van der Waals surface area (Å²) in [5.74, 6) is 0.440. The lowest BCUT2D eigenvalue weighted by molar-refractivity contribution is 0.0689. The maximum absolute atomic E-state index is 11.5. The van der Waals surface area contributed by atoms with Crippen LogP contribution in [0, 0.1) is 5.92 Å². The minimum Gasteiger partial charge on any atom is -0.470 e. The van der Waals surface area contributed by atoms with Crippen LogP contribution in [0.1, 0.15) is 51.3 Å². The average molecular weight is 394 g/mol. The van der Waals surface area contributed by atoms with Gasteiger partial charge in [0, 0.05) is 5.92 Å². The van der Waals surface area contributed by atoms with Gasteiger partial charge >= 0.3 is 6.09 Å². The second kappa shape index (κ2) is 8.99. The molecule has 0 aliphatic rings. The first kappa shape index (κ1) is 22.3. The van der Waals surface area contributed by atoms with Crippen LogP contribution in [0.3, 0.4) is 0 Å². The molecular weight excluding hydrogens is 362 g/mol. The van der Waals surface area contributed by atoms with Gasteiger partial charge in [0.25, 0.3) is 0 Å². The summed E-state index contributed by atoms with van der Waals surface area (Å²) in [6.07, 6.45) is -1.85. The molecule has 0 aliphatic carbocycles. The van der Waals surface area contributed by atoms with E-state index in [1.807, 2.05) is 57.2 Å². The Kier molecular flexibility index (Phi) is 6.91. The zero-order valence-electron chi connectivity index (χ0n) is 18.0. The molecule has 0 heterocycles. The molecule has 0 spiro atoms. The Hall–Kier alpha value is -3.01. The van der Waals surface area contributed by atoms with Crippen LogP contribution < -0.4 is 10.1 Å². The Morgan fingerprint density at radius 2 is 1.59 bits per heavy atom. The summed E-state index contributed by atoms with van der Waals surface area (Å²) in [6.45, 7) is 18.1. The van der Waals surface area contributed by atoms with Gasteiger partial charge in [-0.3, -0.25) is 5.32 Å². The summed E-state index contributed by atoms with van der Waals surface area (Å²) in [6, 6.07) is 15.7. The first-order valence-corrected chi connectivity index (χ1v) is 9.71. The maximum atomic E-state index is 11.5. The fourth-order valence-corrected chi connectivity index (χ4v) is 3.19. The largest absolute Gasteiger partial charge is 0.470 e. The van der Waals surface area contributed by atoms with E-state index in [-0.39, 0.29) is 11.3 Å². The molecule has 4 heteroatoms. The van der Waals surface area contributed by atoms with Gasteiger partial charge in [0.05, 0.1) is 0 Å². The first-order valence-electron chi connectivity index (χ1n) is 9.71. The van der Waals surface area contributed by atoms with Crippen LogP contribution in [0.2, 0.25) is 0 Å². The van der Waals surface area contributed by atoms with Crippen molar-refractivity contribution in [3.8, 4) is 5.75 Å². The fraction of sp³-hybridized carbons (Fsp3) is 0.320. The second-order valence-electron chi connectivity index (χ2n) is 8.17. The average Bonchev–Trinajstić information content (AvgIpc) is 2.66. The van der Waals surface area contributed by atoms with Crippen molar-refractivity contribution in [3.05, 3.63) is 78.4 Å². The van der Waals surface area contributed by atoms with Crippen LogP contribution in [0.4, 0.5) is 4.79 Å². The third-order valence-electron chi connectivity index (χ3n) is 5.55. The Morgan fingerprint density at radius 1 is 1.03 bits per heavy atom. The number of benzene rings is 2. The minimum atomic E-state index is -1.12. The highest BCUT2D eigenvalue weighted by molar-refractivity contribution is 5.65. The van der Waals surface area contributed by atoms with Crippen molar-refractivity contribution in [1.82, 2.24) is 5.32 Å². The zero-order valence-corrected chi connectivity index (χ0v) is 18.0. The van der Waals surface area contributed by atoms with Crippen LogP contribution in [-0.2, 0) is 5.41 Å². The third kappa shape index (κ3) is 5.50. The third-order valence-corrected chi connectivity index (χ3v) is 5.55. The number of ether oxygens (including phenoxy) is 1. The Bertz CT molecular complexity index is 914. The van der Waals surface area contributed by atoms with E-state index in [0.29, 0.717) is 5.75 Å². The predicted octanol–water partition coefficient (Wildman–Crippen LogP) is 6.34. The molecule has 0 saturated carbocycles. The number of allylic oxidation sites excluding steroid dienone is 2. The van der Waals surface area contributed by atoms with Crippen molar-refractivity contribution in [1.29, 1.82) is 0 Å². The van der Waals surface area contributed by atoms with Gasteiger partial charge in [0.2, 0.25) is 0 Å². The van der Waals surface area contributed by atoms with Gasteiger partial charge in [-0.05, 0) is 48.1 Å². The molecule has 0 radical (unpaired) electrons. The monoisotopic (exact) mass is 393 g/mol. The van der Waals surface area contributed by atoms with Gasteiger partial charge < -0.3 is 9.84 Å². The molecule has 0 saturated heterocycles. The summed E-state index contributed by atoms with van der Waals surface area (Å²) >= 11 is 0. The lowest BCUT2D eigenvalue weighted by Gasteiger charge is -2.37. The van der Waals surface area contributed by atoms with Gasteiger partial charge in [-0.25, -0.2) is 4.79 Å². The normalized spacial score (nSPS) is 13.3. The summed E-state index contributed by atoms with van der Waals surface area (Å²) in [5, 5.41) is 11.9. The molecule has 0 bridgehead atoms. The quantitative estimate of drug-likeness (QED) is 0.515. The van der Waals surface area contributed by atoms with Gasteiger partial charge in [-0.1, -0.05) is 81.5 Å². The molecular formula is C25H31NO3.